The Hall–Kier alpha value is -2.29. The quantitative estimate of drug-likeness (QED) is 0.840. The van der Waals surface area contributed by atoms with Crippen molar-refractivity contribution in [3.63, 3.8) is 0 Å². The van der Waals surface area contributed by atoms with E-state index in [4.69, 9.17) is 0 Å². The van der Waals surface area contributed by atoms with Gasteiger partial charge in [0.2, 0.25) is 0 Å². The van der Waals surface area contributed by atoms with Crippen molar-refractivity contribution >= 4 is 17.4 Å². The van der Waals surface area contributed by atoms with Gasteiger partial charge in [0.05, 0.1) is 0 Å². The lowest BCUT2D eigenvalue weighted by Crippen LogP contribution is -2.19. The van der Waals surface area contributed by atoms with E-state index in [2.05, 4.69) is 17.6 Å². The number of rotatable bonds is 4. The van der Waals surface area contributed by atoms with E-state index in [9.17, 15) is 4.79 Å². The molecule has 3 heteroatoms. The number of urea groups is 1. The van der Waals surface area contributed by atoms with Crippen LogP contribution in [-0.2, 0) is 6.42 Å². The SMILES string of the molecule is CCCc1ccc(NC(=O)Nc2ccccc2)cc1. The Labute approximate surface area is 113 Å². The van der Waals surface area contributed by atoms with Crippen LogP contribution in [0.25, 0.3) is 0 Å². The fourth-order valence-electron chi connectivity index (χ4n) is 1.86. The van der Waals surface area contributed by atoms with Gasteiger partial charge in [0, 0.05) is 11.4 Å². The molecule has 2 amide bonds. The highest BCUT2D eigenvalue weighted by molar-refractivity contribution is 5.99. The average Bonchev–Trinajstić information content (AvgIpc) is 2.42. The van der Waals surface area contributed by atoms with Gasteiger partial charge in [-0.2, -0.15) is 0 Å². The predicted octanol–water partition coefficient (Wildman–Crippen LogP) is 4.28. The maximum absolute atomic E-state index is 11.8. The third kappa shape index (κ3) is 4.14. The molecule has 0 unspecified atom stereocenters. The van der Waals surface area contributed by atoms with Crippen molar-refractivity contribution < 1.29 is 4.79 Å². The molecule has 3 nitrogen and oxygen atoms in total. The lowest BCUT2D eigenvalue weighted by atomic mass is 10.1. The number of carbonyl (C=O) groups is 1. The number of anilines is 2. The standard InChI is InChI=1S/C16H18N2O/c1-2-6-13-9-11-15(12-10-13)18-16(19)17-14-7-4-3-5-8-14/h3-5,7-12H,2,6H2,1H3,(H2,17,18,19). The molecule has 0 aliphatic heterocycles. The number of hydrogen-bond acceptors (Lipinski definition) is 1. The molecule has 0 radical (unpaired) electrons. The van der Waals surface area contributed by atoms with Gasteiger partial charge in [-0.3, -0.25) is 0 Å². The minimum atomic E-state index is -0.227. The largest absolute Gasteiger partial charge is 0.323 e. The zero-order valence-electron chi connectivity index (χ0n) is 11.0. The summed E-state index contributed by atoms with van der Waals surface area (Å²) in [7, 11) is 0. The first-order valence-corrected chi connectivity index (χ1v) is 6.50. The summed E-state index contributed by atoms with van der Waals surface area (Å²) in [6, 6.07) is 17.1. The summed E-state index contributed by atoms with van der Waals surface area (Å²) < 4.78 is 0. The molecule has 0 heterocycles. The van der Waals surface area contributed by atoms with Gasteiger partial charge in [0.1, 0.15) is 0 Å². The number of aryl methyl sites for hydroxylation is 1. The number of nitrogens with one attached hydrogen (secondary N) is 2. The lowest BCUT2D eigenvalue weighted by molar-refractivity contribution is 0.262. The minimum Gasteiger partial charge on any atom is -0.308 e. The van der Waals surface area contributed by atoms with Crippen LogP contribution in [-0.4, -0.2) is 6.03 Å². The Balaban J connectivity index is 1.91. The predicted molar refractivity (Wildman–Crippen MR) is 79.5 cm³/mol. The molecule has 98 valence electrons. The summed E-state index contributed by atoms with van der Waals surface area (Å²) in [5, 5.41) is 5.59. The number of para-hydroxylation sites is 1. The fourth-order valence-corrected chi connectivity index (χ4v) is 1.86. The van der Waals surface area contributed by atoms with Gasteiger partial charge in [0.15, 0.2) is 0 Å². The van der Waals surface area contributed by atoms with Crippen LogP contribution in [0.1, 0.15) is 18.9 Å². The van der Waals surface area contributed by atoms with Gasteiger partial charge in [-0.15, -0.1) is 0 Å². The molecule has 2 N–H and O–H groups in total. The van der Waals surface area contributed by atoms with Crippen LogP contribution in [0, 0.1) is 0 Å². The van der Waals surface area contributed by atoms with Gasteiger partial charge >= 0.3 is 6.03 Å². The minimum absolute atomic E-state index is 0.227. The summed E-state index contributed by atoms with van der Waals surface area (Å²) in [5.41, 5.74) is 2.87. The van der Waals surface area contributed by atoms with Crippen LogP contribution in [0.4, 0.5) is 16.2 Å². The molecule has 0 aromatic heterocycles. The van der Waals surface area contributed by atoms with E-state index in [1.807, 2.05) is 54.6 Å². The Morgan fingerprint density at radius 1 is 0.895 bits per heavy atom. The van der Waals surface area contributed by atoms with Crippen LogP contribution in [0.15, 0.2) is 54.6 Å². The highest BCUT2D eigenvalue weighted by Crippen LogP contribution is 2.12. The Bertz CT molecular complexity index is 520. The van der Waals surface area contributed by atoms with E-state index >= 15 is 0 Å². The number of carbonyl (C=O) groups excluding carboxylic acids is 1. The monoisotopic (exact) mass is 254 g/mol. The molecule has 2 rings (SSSR count). The Kier molecular flexibility index (Phi) is 4.56. The summed E-state index contributed by atoms with van der Waals surface area (Å²) in [6.07, 6.45) is 2.19. The highest BCUT2D eigenvalue weighted by Gasteiger charge is 2.02. The van der Waals surface area contributed by atoms with Gasteiger partial charge in [-0.1, -0.05) is 43.7 Å². The average molecular weight is 254 g/mol. The normalized spacial score (nSPS) is 9.95. The molecular weight excluding hydrogens is 236 g/mol. The van der Waals surface area contributed by atoms with E-state index in [1.54, 1.807) is 0 Å². The first kappa shape index (κ1) is 13.1. The van der Waals surface area contributed by atoms with E-state index in [0.29, 0.717) is 0 Å². The smallest absolute Gasteiger partial charge is 0.308 e. The number of amides is 2. The third-order valence-corrected chi connectivity index (χ3v) is 2.78. The summed E-state index contributed by atoms with van der Waals surface area (Å²) >= 11 is 0. The second-order valence-electron chi connectivity index (χ2n) is 4.39. The summed E-state index contributed by atoms with van der Waals surface area (Å²) in [5.74, 6) is 0. The molecule has 19 heavy (non-hydrogen) atoms. The maximum atomic E-state index is 11.8. The van der Waals surface area contributed by atoms with Gasteiger partial charge in [-0.05, 0) is 36.2 Å². The van der Waals surface area contributed by atoms with Gasteiger partial charge < -0.3 is 10.6 Å². The molecular formula is C16H18N2O. The highest BCUT2D eigenvalue weighted by atomic mass is 16.2. The molecule has 0 bridgehead atoms. The van der Waals surface area contributed by atoms with E-state index in [1.165, 1.54) is 5.56 Å². The fraction of sp³-hybridized carbons (Fsp3) is 0.188. The first-order chi connectivity index (χ1) is 9.28. The van der Waals surface area contributed by atoms with Crippen molar-refractivity contribution in [3.05, 3.63) is 60.2 Å². The van der Waals surface area contributed by atoms with Crippen LogP contribution in [0.2, 0.25) is 0 Å². The Morgan fingerprint density at radius 2 is 1.47 bits per heavy atom. The molecule has 2 aromatic carbocycles. The molecule has 0 saturated heterocycles. The van der Waals surface area contributed by atoms with Crippen LogP contribution < -0.4 is 10.6 Å². The zero-order chi connectivity index (χ0) is 13.5. The van der Waals surface area contributed by atoms with Crippen LogP contribution in [0.5, 0.6) is 0 Å². The van der Waals surface area contributed by atoms with Crippen molar-refractivity contribution in [1.29, 1.82) is 0 Å². The third-order valence-electron chi connectivity index (χ3n) is 2.78. The van der Waals surface area contributed by atoms with Gasteiger partial charge in [0.25, 0.3) is 0 Å². The topological polar surface area (TPSA) is 41.1 Å². The van der Waals surface area contributed by atoms with Crippen molar-refractivity contribution in [2.24, 2.45) is 0 Å². The molecule has 0 aliphatic rings. The van der Waals surface area contributed by atoms with Crippen molar-refractivity contribution in [1.82, 2.24) is 0 Å². The second kappa shape index (κ2) is 6.59. The number of hydrogen-bond donors (Lipinski definition) is 2. The Morgan fingerprint density at radius 3 is 2.05 bits per heavy atom. The van der Waals surface area contributed by atoms with Crippen LogP contribution in [0.3, 0.4) is 0 Å². The summed E-state index contributed by atoms with van der Waals surface area (Å²) in [6.45, 7) is 2.15. The van der Waals surface area contributed by atoms with E-state index < -0.39 is 0 Å². The van der Waals surface area contributed by atoms with Gasteiger partial charge in [-0.25, -0.2) is 4.79 Å². The number of benzene rings is 2. The van der Waals surface area contributed by atoms with Crippen molar-refractivity contribution in [2.45, 2.75) is 19.8 Å². The second-order valence-corrected chi connectivity index (χ2v) is 4.39. The van der Waals surface area contributed by atoms with Crippen LogP contribution >= 0.6 is 0 Å². The molecule has 0 saturated carbocycles. The first-order valence-electron chi connectivity index (χ1n) is 6.50. The van der Waals surface area contributed by atoms with Crippen molar-refractivity contribution in [3.8, 4) is 0 Å². The zero-order valence-corrected chi connectivity index (χ0v) is 11.0. The molecule has 2 aromatic rings. The van der Waals surface area contributed by atoms with E-state index in [0.717, 1.165) is 24.2 Å². The molecule has 0 spiro atoms. The lowest BCUT2D eigenvalue weighted by Gasteiger charge is -2.08. The summed E-state index contributed by atoms with van der Waals surface area (Å²) in [4.78, 5) is 11.8. The molecule has 0 aliphatic carbocycles. The molecule has 0 atom stereocenters. The van der Waals surface area contributed by atoms with Crippen molar-refractivity contribution in [2.75, 3.05) is 10.6 Å². The van der Waals surface area contributed by atoms with E-state index in [-0.39, 0.29) is 6.03 Å². The molecule has 0 fully saturated rings. The maximum Gasteiger partial charge on any atom is 0.323 e.